The summed E-state index contributed by atoms with van der Waals surface area (Å²) in [5.74, 6) is -0.485. The third-order valence-corrected chi connectivity index (χ3v) is 6.99. The third kappa shape index (κ3) is 6.26. The molecule has 0 saturated carbocycles. The van der Waals surface area contributed by atoms with Gasteiger partial charge in [-0.05, 0) is 72.4 Å². The predicted molar refractivity (Wildman–Crippen MR) is 150 cm³/mol. The quantitative estimate of drug-likeness (QED) is 0.463. The molecule has 2 aromatic carbocycles. The first-order chi connectivity index (χ1) is 18.3. The van der Waals surface area contributed by atoms with Crippen LogP contribution in [0.1, 0.15) is 56.7 Å². The van der Waals surface area contributed by atoms with Crippen molar-refractivity contribution in [2.45, 2.75) is 52.8 Å². The lowest BCUT2D eigenvalue weighted by Gasteiger charge is -2.27. The number of carbonyl (C=O) groups is 1. The Kier molecular flexibility index (Phi) is 9.20. The van der Waals surface area contributed by atoms with Crippen LogP contribution < -0.4 is 11.1 Å². The highest BCUT2D eigenvalue weighted by molar-refractivity contribution is 5.99. The van der Waals surface area contributed by atoms with Crippen LogP contribution in [-0.2, 0) is 16.1 Å². The molecular formula is C30H39FN4O3. The highest BCUT2D eigenvalue weighted by Crippen LogP contribution is 2.34. The first-order valence-electron chi connectivity index (χ1n) is 13.4. The molecule has 2 aliphatic heterocycles. The van der Waals surface area contributed by atoms with E-state index in [-0.39, 0.29) is 12.5 Å². The van der Waals surface area contributed by atoms with Crippen molar-refractivity contribution in [1.29, 1.82) is 0 Å². The van der Waals surface area contributed by atoms with Crippen molar-refractivity contribution in [3.05, 3.63) is 64.1 Å². The smallest absolute Gasteiger partial charge is 0.249 e. The number of amides is 1. The summed E-state index contributed by atoms with van der Waals surface area (Å²) in [6.45, 7) is 8.80. The summed E-state index contributed by atoms with van der Waals surface area (Å²) >= 11 is 0. The Morgan fingerprint density at radius 3 is 2.66 bits per heavy atom. The molecule has 38 heavy (non-hydrogen) atoms. The molecule has 1 unspecified atom stereocenters. The number of benzene rings is 2. The lowest BCUT2D eigenvalue weighted by atomic mass is 9.96. The fourth-order valence-corrected chi connectivity index (χ4v) is 5.06. The van der Waals surface area contributed by atoms with Crippen LogP contribution in [0.4, 0.5) is 10.1 Å². The van der Waals surface area contributed by atoms with Gasteiger partial charge in [0.05, 0.1) is 19.4 Å². The molecule has 1 atom stereocenters. The van der Waals surface area contributed by atoms with E-state index >= 15 is 4.39 Å². The lowest BCUT2D eigenvalue weighted by molar-refractivity contribution is -0.127. The molecule has 2 aromatic rings. The summed E-state index contributed by atoms with van der Waals surface area (Å²) in [7, 11) is 0. The van der Waals surface area contributed by atoms with Crippen molar-refractivity contribution in [2.75, 3.05) is 38.3 Å². The number of halogens is 1. The molecule has 0 bridgehead atoms. The zero-order valence-electron chi connectivity index (χ0n) is 22.6. The van der Waals surface area contributed by atoms with Gasteiger partial charge in [-0.3, -0.25) is 4.79 Å². The van der Waals surface area contributed by atoms with Crippen LogP contribution >= 0.6 is 0 Å². The van der Waals surface area contributed by atoms with E-state index in [1.807, 2.05) is 54.8 Å². The van der Waals surface area contributed by atoms with E-state index in [0.717, 1.165) is 35.2 Å². The minimum Gasteiger partial charge on any atom is -0.395 e. The van der Waals surface area contributed by atoms with Crippen molar-refractivity contribution >= 4 is 23.7 Å². The van der Waals surface area contributed by atoms with Gasteiger partial charge in [0.2, 0.25) is 5.91 Å². The first kappa shape index (κ1) is 27.8. The largest absolute Gasteiger partial charge is 0.395 e. The number of allylic oxidation sites excluding steroid dienone is 1. The number of hydrogen-bond acceptors (Lipinski definition) is 6. The number of fused-ring (bicyclic) bond motifs is 2. The zero-order chi connectivity index (χ0) is 27.2. The number of aliphatic hydroxyl groups excluding tert-OH is 1. The molecule has 0 saturated heterocycles. The van der Waals surface area contributed by atoms with Gasteiger partial charge in [0, 0.05) is 48.6 Å². The average molecular weight is 523 g/mol. The topological polar surface area (TPSA) is 91.1 Å². The van der Waals surface area contributed by atoms with Gasteiger partial charge in [-0.15, -0.1) is 0 Å². The standard InChI is InChI=1S/C30H39FN4O3/c1-4-8-34(9-5-2)30(37)25-14-26-27(31)15-24(16-28(26)33-29(32)17-25)21-6-7-22-18-38-19-35(10-11-36)20(3)12-23(22)13-21/h6-7,12-16,29,33,36H,4-5,8-11,17-19,32H2,1-3H3/b20-12-. The summed E-state index contributed by atoms with van der Waals surface area (Å²) in [6, 6.07) is 9.41. The molecule has 1 amide bonds. The zero-order valence-corrected chi connectivity index (χ0v) is 22.6. The summed E-state index contributed by atoms with van der Waals surface area (Å²) in [6.07, 6.45) is 5.26. The molecule has 0 radical (unpaired) electrons. The summed E-state index contributed by atoms with van der Waals surface area (Å²) in [4.78, 5) is 17.1. The molecule has 0 aromatic heterocycles. The van der Waals surface area contributed by atoms with Gasteiger partial charge in [0.1, 0.15) is 12.5 Å². The molecule has 204 valence electrons. The Balaban J connectivity index is 1.70. The van der Waals surface area contributed by atoms with Gasteiger partial charge < -0.3 is 30.7 Å². The Labute approximate surface area is 224 Å². The van der Waals surface area contributed by atoms with E-state index in [2.05, 4.69) is 11.4 Å². The molecule has 4 rings (SSSR count). The van der Waals surface area contributed by atoms with Gasteiger partial charge in [0.15, 0.2) is 0 Å². The number of nitrogens with one attached hydrogen (secondary N) is 1. The van der Waals surface area contributed by atoms with Crippen molar-refractivity contribution in [1.82, 2.24) is 9.80 Å². The van der Waals surface area contributed by atoms with Crippen molar-refractivity contribution in [3.8, 4) is 11.1 Å². The second kappa shape index (κ2) is 12.6. The Bertz CT molecular complexity index is 1220. The maximum atomic E-state index is 15.6. The molecule has 8 heteroatoms. The fraction of sp³-hybridized carbons (Fsp3) is 0.433. The van der Waals surface area contributed by atoms with Crippen LogP contribution in [0.3, 0.4) is 0 Å². The fourth-order valence-electron chi connectivity index (χ4n) is 5.06. The van der Waals surface area contributed by atoms with Gasteiger partial charge in [-0.2, -0.15) is 0 Å². The number of hydrogen-bond donors (Lipinski definition) is 3. The highest BCUT2D eigenvalue weighted by Gasteiger charge is 2.25. The van der Waals surface area contributed by atoms with E-state index in [1.54, 1.807) is 6.08 Å². The van der Waals surface area contributed by atoms with E-state index in [0.29, 0.717) is 61.8 Å². The third-order valence-electron chi connectivity index (χ3n) is 6.99. The monoisotopic (exact) mass is 522 g/mol. The van der Waals surface area contributed by atoms with Crippen molar-refractivity contribution in [2.24, 2.45) is 5.73 Å². The Morgan fingerprint density at radius 1 is 1.18 bits per heavy atom. The Hall–Kier alpha value is -3.20. The number of nitrogens with two attached hydrogens (primary N) is 1. The van der Waals surface area contributed by atoms with E-state index in [9.17, 15) is 9.90 Å². The molecular weight excluding hydrogens is 483 g/mol. The van der Waals surface area contributed by atoms with E-state index < -0.39 is 12.0 Å². The first-order valence-corrected chi connectivity index (χ1v) is 13.4. The summed E-state index contributed by atoms with van der Waals surface area (Å²) < 4.78 is 21.4. The van der Waals surface area contributed by atoms with Crippen LogP contribution in [0, 0.1) is 5.82 Å². The number of rotatable bonds is 8. The van der Waals surface area contributed by atoms with Crippen LogP contribution in [0.25, 0.3) is 23.3 Å². The lowest BCUT2D eigenvalue weighted by Crippen LogP contribution is -2.36. The summed E-state index contributed by atoms with van der Waals surface area (Å²) in [5.41, 5.74) is 12.4. The van der Waals surface area contributed by atoms with Gasteiger partial charge in [-0.25, -0.2) is 4.39 Å². The van der Waals surface area contributed by atoms with Gasteiger partial charge in [0.25, 0.3) is 0 Å². The molecule has 2 heterocycles. The predicted octanol–water partition coefficient (Wildman–Crippen LogP) is 4.77. The molecule has 4 N–H and O–H groups in total. The van der Waals surface area contributed by atoms with Gasteiger partial charge >= 0.3 is 0 Å². The van der Waals surface area contributed by atoms with Crippen molar-refractivity contribution < 1.29 is 19.0 Å². The number of β-amino-alcohol motifs (C(OH)–C–C–N with tert-alkyl or cyclic N) is 1. The minimum atomic E-state index is -0.512. The van der Waals surface area contributed by atoms with E-state index in [4.69, 9.17) is 10.5 Å². The second-order valence-corrected chi connectivity index (χ2v) is 10.00. The van der Waals surface area contributed by atoms with Crippen LogP contribution in [0.5, 0.6) is 0 Å². The maximum absolute atomic E-state index is 15.6. The highest BCUT2D eigenvalue weighted by atomic mass is 19.1. The number of nitrogens with zero attached hydrogens (tertiary/aromatic N) is 2. The molecule has 0 spiro atoms. The molecule has 0 aliphatic carbocycles. The normalized spacial score (nSPS) is 18.6. The number of carbonyl (C=O) groups excluding carboxylic acids is 1. The molecule has 2 aliphatic rings. The summed E-state index contributed by atoms with van der Waals surface area (Å²) in [5, 5.41) is 12.6. The van der Waals surface area contributed by atoms with Crippen LogP contribution in [-0.4, -0.2) is 60.0 Å². The molecule has 7 nitrogen and oxygen atoms in total. The molecule has 0 fully saturated rings. The number of anilines is 1. The van der Waals surface area contributed by atoms with Gasteiger partial charge in [-0.1, -0.05) is 26.0 Å². The second-order valence-electron chi connectivity index (χ2n) is 10.00. The van der Waals surface area contributed by atoms with Crippen LogP contribution in [0.2, 0.25) is 0 Å². The average Bonchev–Trinajstić information content (AvgIpc) is 3.05. The number of ether oxygens (including phenoxy) is 1. The van der Waals surface area contributed by atoms with Crippen molar-refractivity contribution in [3.63, 3.8) is 0 Å². The minimum absolute atomic E-state index is 0.0436. The van der Waals surface area contributed by atoms with E-state index in [1.165, 1.54) is 6.07 Å². The number of aliphatic hydroxyl groups is 1. The SMILES string of the molecule is CCCN(CCC)C(=O)C1=Cc2c(F)cc(-c3ccc4c(c3)/C=C(/C)N(CCO)COC4)cc2NC(N)C1. The maximum Gasteiger partial charge on any atom is 0.249 e. The van der Waals surface area contributed by atoms with Crippen LogP contribution in [0.15, 0.2) is 41.6 Å². The Morgan fingerprint density at radius 2 is 1.95 bits per heavy atom.